The lowest BCUT2D eigenvalue weighted by molar-refractivity contribution is 1.03. The van der Waals surface area contributed by atoms with Gasteiger partial charge >= 0.3 is 0 Å². The van der Waals surface area contributed by atoms with E-state index < -0.39 is 0 Å². The summed E-state index contributed by atoms with van der Waals surface area (Å²) in [4.78, 5) is 8.29. The van der Waals surface area contributed by atoms with Gasteiger partial charge in [0.2, 0.25) is 5.28 Å². The first-order valence-electron chi connectivity index (χ1n) is 5.45. The van der Waals surface area contributed by atoms with Crippen LogP contribution in [-0.2, 0) is 6.54 Å². The van der Waals surface area contributed by atoms with Crippen LogP contribution in [0.4, 0.5) is 5.82 Å². The van der Waals surface area contributed by atoms with Crippen LogP contribution in [-0.4, -0.2) is 9.97 Å². The van der Waals surface area contributed by atoms with E-state index in [-0.39, 0.29) is 5.28 Å². The van der Waals surface area contributed by atoms with E-state index in [0.29, 0.717) is 0 Å². The Morgan fingerprint density at radius 3 is 2.53 bits per heavy atom. The molecule has 3 nitrogen and oxygen atoms in total. The number of rotatable bonds is 3. The molecule has 0 spiro atoms. The zero-order valence-corrected chi connectivity index (χ0v) is 10.6. The van der Waals surface area contributed by atoms with Crippen molar-refractivity contribution in [2.75, 3.05) is 5.32 Å². The van der Waals surface area contributed by atoms with Crippen molar-refractivity contribution in [2.24, 2.45) is 0 Å². The SMILES string of the molecule is Cc1nc(Cl)nc(NCc2ccccc2)c1C. The Kier molecular flexibility index (Phi) is 3.59. The molecule has 0 radical (unpaired) electrons. The second-order valence-electron chi connectivity index (χ2n) is 3.89. The van der Waals surface area contributed by atoms with E-state index in [1.54, 1.807) is 0 Å². The molecule has 1 N–H and O–H groups in total. The van der Waals surface area contributed by atoms with E-state index in [9.17, 15) is 0 Å². The first kappa shape index (κ1) is 11.9. The van der Waals surface area contributed by atoms with Gasteiger partial charge in [-0.25, -0.2) is 9.97 Å². The predicted molar refractivity (Wildman–Crippen MR) is 70.3 cm³/mol. The lowest BCUT2D eigenvalue weighted by atomic mass is 10.2. The summed E-state index contributed by atoms with van der Waals surface area (Å²) in [5.74, 6) is 0.798. The van der Waals surface area contributed by atoms with Crippen molar-refractivity contribution in [1.29, 1.82) is 0 Å². The number of aryl methyl sites for hydroxylation is 1. The van der Waals surface area contributed by atoms with Crippen molar-refractivity contribution >= 4 is 17.4 Å². The van der Waals surface area contributed by atoms with Crippen LogP contribution >= 0.6 is 11.6 Å². The maximum atomic E-state index is 5.84. The second-order valence-corrected chi connectivity index (χ2v) is 4.23. The highest BCUT2D eigenvalue weighted by molar-refractivity contribution is 6.28. The average Bonchev–Trinajstić information content (AvgIpc) is 2.33. The van der Waals surface area contributed by atoms with E-state index >= 15 is 0 Å². The van der Waals surface area contributed by atoms with E-state index in [2.05, 4.69) is 27.4 Å². The fourth-order valence-corrected chi connectivity index (χ4v) is 1.76. The zero-order valence-electron chi connectivity index (χ0n) is 9.87. The topological polar surface area (TPSA) is 37.8 Å². The van der Waals surface area contributed by atoms with Crippen LogP contribution in [0, 0.1) is 13.8 Å². The van der Waals surface area contributed by atoms with Crippen molar-refractivity contribution in [3.63, 3.8) is 0 Å². The van der Waals surface area contributed by atoms with Crippen LogP contribution < -0.4 is 5.32 Å². The molecule has 1 aromatic carbocycles. The minimum absolute atomic E-state index is 0.281. The fraction of sp³-hybridized carbons (Fsp3) is 0.231. The largest absolute Gasteiger partial charge is 0.366 e. The first-order valence-corrected chi connectivity index (χ1v) is 5.83. The lowest BCUT2D eigenvalue weighted by Crippen LogP contribution is -2.05. The Morgan fingerprint density at radius 2 is 1.82 bits per heavy atom. The summed E-state index contributed by atoms with van der Waals surface area (Å²) in [6, 6.07) is 10.2. The number of benzene rings is 1. The minimum Gasteiger partial charge on any atom is -0.366 e. The second kappa shape index (κ2) is 5.15. The van der Waals surface area contributed by atoms with E-state index in [1.165, 1.54) is 5.56 Å². The highest BCUT2D eigenvalue weighted by Crippen LogP contribution is 2.17. The number of nitrogens with zero attached hydrogens (tertiary/aromatic N) is 2. The molecule has 0 aliphatic heterocycles. The van der Waals surface area contributed by atoms with Crippen LogP contribution in [0.1, 0.15) is 16.8 Å². The van der Waals surface area contributed by atoms with Gasteiger partial charge in [-0.3, -0.25) is 0 Å². The third-order valence-corrected chi connectivity index (χ3v) is 2.83. The third kappa shape index (κ3) is 2.94. The summed E-state index contributed by atoms with van der Waals surface area (Å²) in [7, 11) is 0. The molecule has 0 bridgehead atoms. The predicted octanol–water partition coefficient (Wildman–Crippen LogP) is 3.36. The molecule has 1 heterocycles. The van der Waals surface area contributed by atoms with Gasteiger partial charge in [0.25, 0.3) is 0 Å². The quantitative estimate of drug-likeness (QED) is 0.846. The number of aromatic nitrogens is 2. The summed E-state index contributed by atoms with van der Waals surface area (Å²) in [6.45, 7) is 4.64. The van der Waals surface area contributed by atoms with Gasteiger partial charge in [0.05, 0.1) is 0 Å². The molecule has 0 aliphatic carbocycles. The summed E-state index contributed by atoms with van der Waals surface area (Å²) in [6.07, 6.45) is 0. The van der Waals surface area contributed by atoms with Gasteiger partial charge in [-0.15, -0.1) is 0 Å². The molecule has 1 aromatic heterocycles. The minimum atomic E-state index is 0.281. The van der Waals surface area contributed by atoms with Crippen LogP contribution in [0.15, 0.2) is 30.3 Å². The van der Waals surface area contributed by atoms with Crippen molar-refractivity contribution in [2.45, 2.75) is 20.4 Å². The van der Waals surface area contributed by atoms with E-state index in [1.807, 2.05) is 32.0 Å². The van der Waals surface area contributed by atoms with Crippen LogP contribution in [0.2, 0.25) is 5.28 Å². The van der Waals surface area contributed by atoms with Gasteiger partial charge < -0.3 is 5.32 Å². The molecule has 0 saturated carbocycles. The molecular formula is C13H14ClN3. The van der Waals surface area contributed by atoms with Crippen LogP contribution in [0.5, 0.6) is 0 Å². The summed E-state index contributed by atoms with van der Waals surface area (Å²) in [5, 5.41) is 3.56. The van der Waals surface area contributed by atoms with Crippen LogP contribution in [0.3, 0.4) is 0 Å². The highest BCUT2D eigenvalue weighted by atomic mass is 35.5. The van der Waals surface area contributed by atoms with Gasteiger partial charge in [-0.1, -0.05) is 30.3 Å². The zero-order chi connectivity index (χ0) is 12.3. The first-order chi connectivity index (χ1) is 8.16. The summed E-state index contributed by atoms with van der Waals surface area (Å²) < 4.78 is 0. The summed E-state index contributed by atoms with van der Waals surface area (Å²) >= 11 is 5.84. The number of hydrogen-bond donors (Lipinski definition) is 1. The molecule has 0 unspecified atom stereocenters. The molecule has 17 heavy (non-hydrogen) atoms. The molecule has 0 amide bonds. The van der Waals surface area contributed by atoms with Gasteiger partial charge in [-0.2, -0.15) is 0 Å². The number of anilines is 1. The van der Waals surface area contributed by atoms with Crippen molar-refractivity contribution in [1.82, 2.24) is 9.97 Å². The number of hydrogen-bond acceptors (Lipinski definition) is 3. The van der Waals surface area contributed by atoms with Crippen molar-refractivity contribution < 1.29 is 0 Å². The third-order valence-electron chi connectivity index (χ3n) is 2.66. The maximum Gasteiger partial charge on any atom is 0.224 e. The molecule has 2 rings (SSSR count). The van der Waals surface area contributed by atoms with E-state index in [0.717, 1.165) is 23.6 Å². The summed E-state index contributed by atoms with van der Waals surface area (Å²) in [5.41, 5.74) is 3.14. The molecule has 4 heteroatoms. The monoisotopic (exact) mass is 247 g/mol. The molecular weight excluding hydrogens is 234 g/mol. The Bertz CT molecular complexity index is 512. The molecule has 0 fully saturated rings. The van der Waals surface area contributed by atoms with Gasteiger partial charge in [0, 0.05) is 17.8 Å². The van der Waals surface area contributed by atoms with E-state index in [4.69, 9.17) is 11.6 Å². The lowest BCUT2D eigenvalue weighted by Gasteiger charge is -2.10. The van der Waals surface area contributed by atoms with Crippen LogP contribution in [0.25, 0.3) is 0 Å². The van der Waals surface area contributed by atoms with Gasteiger partial charge in [0.15, 0.2) is 0 Å². The van der Waals surface area contributed by atoms with Crippen molar-refractivity contribution in [3.05, 3.63) is 52.4 Å². The fourth-order valence-electron chi connectivity index (χ4n) is 1.55. The Balaban J connectivity index is 2.14. The molecule has 0 saturated heterocycles. The van der Waals surface area contributed by atoms with Gasteiger partial charge in [0.1, 0.15) is 5.82 Å². The normalized spacial score (nSPS) is 10.3. The highest BCUT2D eigenvalue weighted by Gasteiger charge is 2.06. The number of nitrogens with one attached hydrogen (secondary N) is 1. The molecule has 88 valence electrons. The van der Waals surface area contributed by atoms with Gasteiger partial charge in [-0.05, 0) is 31.0 Å². The standard InChI is InChI=1S/C13H14ClN3/c1-9-10(2)16-13(14)17-12(9)15-8-11-6-4-3-5-7-11/h3-7H,8H2,1-2H3,(H,15,16,17). The Hall–Kier alpha value is -1.61. The maximum absolute atomic E-state index is 5.84. The average molecular weight is 248 g/mol. The molecule has 2 aromatic rings. The molecule has 0 atom stereocenters. The Labute approximate surface area is 106 Å². The smallest absolute Gasteiger partial charge is 0.224 e. The Morgan fingerprint density at radius 1 is 1.12 bits per heavy atom. The molecule has 0 aliphatic rings. The van der Waals surface area contributed by atoms with Crippen molar-refractivity contribution in [3.8, 4) is 0 Å². The number of halogens is 1.